The Labute approximate surface area is 64.9 Å². The third-order valence-electron chi connectivity index (χ3n) is 1.37. The summed E-state index contributed by atoms with van der Waals surface area (Å²) in [6.45, 7) is 1.78. The summed E-state index contributed by atoms with van der Waals surface area (Å²) in [5.74, 6) is 0.0880. The van der Waals surface area contributed by atoms with Crippen molar-refractivity contribution < 1.29 is 9.53 Å². The van der Waals surface area contributed by atoms with E-state index in [0.717, 1.165) is 13.0 Å². The zero-order valence-electron chi connectivity index (χ0n) is 6.00. The van der Waals surface area contributed by atoms with Crippen LogP contribution in [0.3, 0.4) is 0 Å². The van der Waals surface area contributed by atoms with Gasteiger partial charge in [0.25, 0.3) is 5.91 Å². The summed E-state index contributed by atoms with van der Waals surface area (Å²) >= 11 is 1.47. The smallest absolute Gasteiger partial charge is 0.258 e. The molecule has 0 spiro atoms. The lowest BCUT2D eigenvalue weighted by Gasteiger charge is -2.14. The number of carbonyl (C=O) groups is 1. The Balaban J connectivity index is 2.43. The molecule has 1 amide bonds. The number of nitrogens with zero attached hydrogens (tertiary/aromatic N) is 1. The first kappa shape index (κ1) is 7.88. The average molecular weight is 161 g/mol. The van der Waals surface area contributed by atoms with Gasteiger partial charge in [-0.3, -0.25) is 9.10 Å². The number of carbonyl (C=O) groups excluding carboxylic acids is 1. The highest BCUT2D eigenvalue weighted by Crippen LogP contribution is 2.09. The zero-order chi connectivity index (χ0) is 7.40. The van der Waals surface area contributed by atoms with Gasteiger partial charge in [-0.2, -0.15) is 0 Å². The van der Waals surface area contributed by atoms with E-state index in [1.54, 1.807) is 4.31 Å². The second kappa shape index (κ2) is 3.83. The Kier molecular flexibility index (Phi) is 3.02. The SMILES string of the molecule is CSN1CCCOCC1=O. The molecule has 0 atom stereocenters. The van der Waals surface area contributed by atoms with E-state index in [-0.39, 0.29) is 12.5 Å². The Morgan fingerprint density at radius 1 is 1.70 bits per heavy atom. The fraction of sp³-hybridized carbons (Fsp3) is 0.833. The van der Waals surface area contributed by atoms with Crippen LogP contribution in [0.15, 0.2) is 0 Å². The highest BCUT2D eigenvalue weighted by molar-refractivity contribution is 7.96. The average Bonchev–Trinajstić information content (AvgIpc) is 2.13. The van der Waals surface area contributed by atoms with Crippen molar-refractivity contribution in [2.45, 2.75) is 6.42 Å². The third kappa shape index (κ3) is 1.88. The first-order chi connectivity index (χ1) is 4.84. The second-order valence-electron chi connectivity index (χ2n) is 2.08. The quantitative estimate of drug-likeness (QED) is 0.525. The largest absolute Gasteiger partial charge is 0.372 e. The summed E-state index contributed by atoms with van der Waals surface area (Å²) < 4.78 is 6.78. The minimum absolute atomic E-state index is 0.0880. The van der Waals surface area contributed by atoms with Crippen LogP contribution in [0.5, 0.6) is 0 Å². The molecule has 3 nitrogen and oxygen atoms in total. The zero-order valence-corrected chi connectivity index (χ0v) is 6.82. The van der Waals surface area contributed by atoms with Crippen LogP contribution in [0.2, 0.25) is 0 Å². The molecule has 10 heavy (non-hydrogen) atoms. The molecule has 1 fully saturated rings. The molecule has 0 N–H and O–H groups in total. The number of rotatable bonds is 1. The van der Waals surface area contributed by atoms with Gasteiger partial charge in [-0.1, -0.05) is 11.9 Å². The molecule has 0 radical (unpaired) electrons. The lowest BCUT2D eigenvalue weighted by Crippen LogP contribution is -2.25. The van der Waals surface area contributed by atoms with Crippen LogP contribution in [0, 0.1) is 0 Å². The van der Waals surface area contributed by atoms with Crippen LogP contribution in [0.1, 0.15) is 6.42 Å². The molecule has 58 valence electrons. The molecule has 0 aliphatic carbocycles. The molecule has 0 saturated carbocycles. The molecule has 0 aromatic rings. The van der Waals surface area contributed by atoms with Gasteiger partial charge in [-0.25, -0.2) is 0 Å². The Morgan fingerprint density at radius 3 is 3.20 bits per heavy atom. The van der Waals surface area contributed by atoms with Crippen molar-refractivity contribution in [2.24, 2.45) is 0 Å². The summed E-state index contributed by atoms with van der Waals surface area (Å²) in [6, 6.07) is 0. The predicted octanol–water partition coefficient (Wildman–Crippen LogP) is 0.513. The summed E-state index contributed by atoms with van der Waals surface area (Å²) in [6.07, 6.45) is 2.86. The van der Waals surface area contributed by atoms with Gasteiger partial charge >= 0.3 is 0 Å². The van der Waals surface area contributed by atoms with Gasteiger partial charge in [-0.05, 0) is 6.42 Å². The van der Waals surface area contributed by atoms with Gasteiger partial charge in [0.05, 0.1) is 0 Å². The van der Waals surface area contributed by atoms with Crippen LogP contribution in [-0.4, -0.2) is 36.2 Å². The summed E-state index contributed by atoms with van der Waals surface area (Å²) in [5, 5.41) is 0. The molecule has 0 bridgehead atoms. The second-order valence-corrected chi connectivity index (χ2v) is 2.89. The van der Waals surface area contributed by atoms with Crippen molar-refractivity contribution in [3.63, 3.8) is 0 Å². The molecule has 1 heterocycles. The maximum Gasteiger partial charge on any atom is 0.258 e. The lowest BCUT2D eigenvalue weighted by atomic mass is 10.5. The highest BCUT2D eigenvalue weighted by Gasteiger charge is 2.14. The van der Waals surface area contributed by atoms with Crippen molar-refractivity contribution in [3.8, 4) is 0 Å². The van der Waals surface area contributed by atoms with Gasteiger partial charge < -0.3 is 4.74 Å². The number of hydrogen-bond donors (Lipinski definition) is 0. The summed E-state index contributed by atoms with van der Waals surface area (Å²) in [5.41, 5.74) is 0. The van der Waals surface area contributed by atoms with Crippen molar-refractivity contribution in [1.29, 1.82) is 0 Å². The standard InChI is InChI=1S/C6H11NO2S/c1-10-7-3-2-4-9-5-6(7)8/h2-5H2,1H3. The van der Waals surface area contributed by atoms with Gasteiger partial charge in [0, 0.05) is 19.4 Å². The van der Waals surface area contributed by atoms with Crippen LogP contribution in [0.25, 0.3) is 0 Å². The van der Waals surface area contributed by atoms with Crippen molar-refractivity contribution in [3.05, 3.63) is 0 Å². The van der Waals surface area contributed by atoms with Crippen LogP contribution in [0.4, 0.5) is 0 Å². The van der Waals surface area contributed by atoms with Crippen LogP contribution in [-0.2, 0) is 9.53 Å². The first-order valence-electron chi connectivity index (χ1n) is 3.27. The van der Waals surface area contributed by atoms with E-state index in [0.29, 0.717) is 6.61 Å². The topological polar surface area (TPSA) is 29.5 Å². The third-order valence-corrected chi connectivity index (χ3v) is 2.20. The van der Waals surface area contributed by atoms with E-state index in [9.17, 15) is 4.79 Å². The maximum atomic E-state index is 11.0. The van der Waals surface area contributed by atoms with Crippen LogP contribution < -0.4 is 0 Å². The Hall–Kier alpha value is -0.220. The van der Waals surface area contributed by atoms with E-state index in [4.69, 9.17) is 4.74 Å². The maximum absolute atomic E-state index is 11.0. The molecular formula is C6H11NO2S. The van der Waals surface area contributed by atoms with Gasteiger partial charge in [-0.15, -0.1) is 0 Å². The first-order valence-corrected chi connectivity index (χ1v) is 4.45. The van der Waals surface area contributed by atoms with Crippen molar-refractivity contribution in [2.75, 3.05) is 26.0 Å². The van der Waals surface area contributed by atoms with Crippen LogP contribution >= 0.6 is 11.9 Å². The van der Waals surface area contributed by atoms with E-state index in [1.165, 1.54) is 11.9 Å². The molecule has 0 aromatic heterocycles. The van der Waals surface area contributed by atoms with E-state index >= 15 is 0 Å². The van der Waals surface area contributed by atoms with Gasteiger partial charge in [0.15, 0.2) is 0 Å². The Bertz CT molecular complexity index is 129. The molecular weight excluding hydrogens is 150 g/mol. The number of hydrogen-bond acceptors (Lipinski definition) is 3. The molecule has 1 aliphatic heterocycles. The molecule has 4 heteroatoms. The fourth-order valence-electron chi connectivity index (χ4n) is 0.859. The predicted molar refractivity (Wildman–Crippen MR) is 40.7 cm³/mol. The van der Waals surface area contributed by atoms with Crippen molar-refractivity contribution >= 4 is 17.9 Å². The normalized spacial score (nSPS) is 20.9. The van der Waals surface area contributed by atoms with Gasteiger partial charge in [0.1, 0.15) is 6.61 Å². The molecule has 0 aromatic carbocycles. The highest BCUT2D eigenvalue weighted by atomic mass is 32.2. The minimum atomic E-state index is 0.0880. The molecule has 0 unspecified atom stereocenters. The number of amides is 1. The van der Waals surface area contributed by atoms with E-state index in [1.807, 2.05) is 6.26 Å². The molecule has 1 saturated heterocycles. The Morgan fingerprint density at radius 2 is 2.50 bits per heavy atom. The minimum Gasteiger partial charge on any atom is -0.372 e. The van der Waals surface area contributed by atoms with Crippen molar-refractivity contribution in [1.82, 2.24) is 4.31 Å². The van der Waals surface area contributed by atoms with Gasteiger partial charge in [0.2, 0.25) is 0 Å². The molecule has 1 aliphatic rings. The van der Waals surface area contributed by atoms with E-state index < -0.39 is 0 Å². The lowest BCUT2D eigenvalue weighted by molar-refractivity contribution is -0.129. The summed E-state index contributed by atoms with van der Waals surface area (Å²) in [4.78, 5) is 11.0. The fourth-order valence-corrected chi connectivity index (χ4v) is 1.43. The summed E-state index contributed by atoms with van der Waals surface area (Å²) in [7, 11) is 0. The molecule has 1 rings (SSSR count). The monoisotopic (exact) mass is 161 g/mol. The number of ether oxygens (including phenoxy) is 1. The van der Waals surface area contributed by atoms with E-state index in [2.05, 4.69) is 0 Å².